The summed E-state index contributed by atoms with van der Waals surface area (Å²) in [5.74, 6) is -0.0790. The molecule has 0 saturated heterocycles. The third kappa shape index (κ3) is 4.58. The molecule has 0 unspecified atom stereocenters. The Kier molecular flexibility index (Phi) is 5.36. The molecule has 21 heavy (non-hydrogen) atoms. The Morgan fingerprint density at radius 1 is 1.24 bits per heavy atom. The van der Waals surface area contributed by atoms with Gasteiger partial charge in [-0.05, 0) is 42.8 Å². The summed E-state index contributed by atoms with van der Waals surface area (Å²) in [6.07, 6.45) is 1.92. The van der Waals surface area contributed by atoms with E-state index in [2.05, 4.69) is 10.3 Å². The first kappa shape index (κ1) is 15.5. The molecule has 1 aromatic heterocycles. The van der Waals surface area contributed by atoms with Gasteiger partial charge in [0.2, 0.25) is 5.91 Å². The number of pyridine rings is 1. The molecule has 4 nitrogen and oxygen atoms in total. The van der Waals surface area contributed by atoms with Gasteiger partial charge in [-0.25, -0.2) is 0 Å². The number of anilines is 1. The van der Waals surface area contributed by atoms with Gasteiger partial charge in [-0.2, -0.15) is 0 Å². The third-order valence-electron chi connectivity index (χ3n) is 2.90. The standard InChI is InChI=1S/C16H18N2O2S/c1-3-16(20)15-9-8-14(10-17-15)21-13-6-4-12(5-7-13)18-11(2)19/h4-10,16,20H,3H2,1-2H3,(H,18,19)/t16-/m0/s1. The zero-order valence-electron chi connectivity index (χ0n) is 12.0. The van der Waals surface area contributed by atoms with Gasteiger partial charge in [-0.3, -0.25) is 9.78 Å². The van der Waals surface area contributed by atoms with Crippen molar-refractivity contribution in [3.8, 4) is 0 Å². The lowest BCUT2D eigenvalue weighted by atomic mass is 10.2. The average molecular weight is 302 g/mol. The van der Waals surface area contributed by atoms with E-state index in [9.17, 15) is 9.90 Å². The Labute approximate surface area is 128 Å². The van der Waals surface area contributed by atoms with Gasteiger partial charge in [0, 0.05) is 28.6 Å². The molecule has 2 aromatic rings. The van der Waals surface area contributed by atoms with Gasteiger partial charge >= 0.3 is 0 Å². The fraction of sp³-hybridized carbons (Fsp3) is 0.250. The number of hydrogen-bond donors (Lipinski definition) is 2. The minimum absolute atomic E-state index is 0.0790. The highest BCUT2D eigenvalue weighted by atomic mass is 32.2. The summed E-state index contributed by atoms with van der Waals surface area (Å²) in [4.78, 5) is 17.3. The maximum absolute atomic E-state index is 11.0. The molecule has 1 amide bonds. The van der Waals surface area contributed by atoms with E-state index in [1.807, 2.05) is 43.3 Å². The van der Waals surface area contributed by atoms with Gasteiger partial charge in [-0.1, -0.05) is 18.7 Å². The van der Waals surface area contributed by atoms with Gasteiger partial charge in [0.05, 0.1) is 11.8 Å². The first-order valence-corrected chi connectivity index (χ1v) is 7.59. The molecule has 0 aliphatic carbocycles. The van der Waals surface area contributed by atoms with Crippen LogP contribution in [0.4, 0.5) is 5.69 Å². The normalized spacial score (nSPS) is 12.0. The Morgan fingerprint density at radius 3 is 2.43 bits per heavy atom. The predicted molar refractivity (Wildman–Crippen MR) is 84.4 cm³/mol. The number of aliphatic hydroxyl groups excluding tert-OH is 1. The molecular formula is C16H18N2O2S. The number of rotatable bonds is 5. The minimum Gasteiger partial charge on any atom is -0.387 e. The summed E-state index contributed by atoms with van der Waals surface area (Å²) in [6, 6.07) is 11.4. The largest absolute Gasteiger partial charge is 0.387 e. The summed E-state index contributed by atoms with van der Waals surface area (Å²) in [5, 5.41) is 12.4. The topological polar surface area (TPSA) is 62.2 Å². The molecule has 2 rings (SSSR count). The van der Waals surface area contributed by atoms with Crippen LogP contribution < -0.4 is 5.32 Å². The fourth-order valence-electron chi connectivity index (χ4n) is 1.80. The van der Waals surface area contributed by atoms with Crippen molar-refractivity contribution in [2.75, 3.05) is 5.32 Å². The number of carbonyl (C=O) groups is 1. The van der Waals surface area contributed by atoms with Crippen molar-refractivity contribution < 1.29 is 9.90 Å². The number of amides is 1. The van der Waals surface area contributed by atoms with Gasteiger partial charge in [0.25, 0.3) is 0 Å². The summed E-state index contributed by atoms with van der Waals surface area (Å²) in [7, 11) is 0. The van der Waals surface area contributed by atoms with Crippen LogP contribution in [0.2, 0.25) is 0 Å². The summed E-state index contributed by atoms with van der Waals surface area (Å²) in [5.41, 5.74) is 1.48. The first-order chi connectivity index (χ1) is 10.1. The maximum atomic E-state index is 11.0. The molecule has 1 heterocycles. The van der Waals surface area contributed by atoms with Crippen LogP contribution in [0.3, 0.4) is 0 Å². The second-order valence-corrected chi connectivity index (χ2v) is 5.80. The van der Waals surface area contributed by atoms with E-state index in [4.69, 9.17) is 0 Å². The molecule has 5 heteroatoms. The van der Waals surface area contributed by atoms with Gasteiger partial charge < -0.3 is 10.4 Å². The molecule has 1 aromatic carbocycles. The van der Waals surface area contributed by atoms with E-state index in [1.54, 1.807) is 18.0 Å². The zero-order valence-corrected chi connectivity index (χ0v) is 12.9. The van der Waals surface area contributed by atoms with E-state index < -0.39 is 6.10 Å². The second kappa shape index (κ2) is 7.24. The van der Waals surface area contributed by atoms with E-state index in [1.165, 1.54) is 6.92 Å². The summed E-state index contributed by atoms with van der Waals surface area (Å²) in [6.45, 7) is 3.41. The monoisotopic (exact) mass is 302 g/mol. The number of aromatic nitrogens is 1. The van der Waals surface area contributed by atoms with Crippen LogP contribution in [0.1, 0.15) is 32.1 Å². The Morgan fingerprint density at radius 2 is 1.90 bits per heavy atom. The molecule has 0 radical (unpaired) electrons. The van der Waals surface area contributed by atoms with Crippen molar-refractivity contribution in [3.63, 3.8) is 0 Å². The van der Waals surface area contributed by atoms with Crippen molar-refractivity contribution in [2.24, 2.45) is 0 Å². The molecule has 0 fully saturated rings. The Hall–Kier alpha value is -1.85. The lowest BCUT2D eigenvalue weighted by molar-refractivity contribution is -0.114. The number of nitrogens with zero attached hydrogens (tertiary/aromatic N) is 1. The van der Waals surface area contributed by atoms with Crippen LogP contribution in [0.25, 0.3) is 0 Å². The van der Waals surface area contributed by atoms with E-state index in [0.717, 1.165) is 15.5 Å². The molecule has 0 aliphatic heterocycles. The summed E-state index contributed by atoms with van der Waals surface area (Å²) < 4.78 is 0. The fourth-order valence-corrected chi connectivity index (χ4v) is 2.59. The Bertz CT molecular complexity index is 597. The van der Waals surface area contributed by atoms with Gasteiger partial charge in [0.1, 0.15) is 0 Å². The molecule has 1 atom stereocenters. The molecular weight excluding hydrogens is 284 g/mol. The molecule has 0 aliphatic rings. The maximum Gasteiger partial charge on any atom is 0.221 e. The lowest BCUT2D eigenvalue weighted by Crippen LogP contribution is -2.05. The smallest absolute Gasteiger partial charge is 0.221 e. The van der Waals surface area contributed by atoms with Gasteiger partial charge in [-0.15, -0.1) is 0 Å². The van der Waals surface area contributed by atoms with E-state index in [-0.39, 0.29) is 5.91 Å². The van der Waals surface area contributed by atoms with Crippen molar-refractivity contribution >= 4 is 23.4 Å². The van der Waals surface area contributed by atoms with Crippen molar-refractivity contribution in [3.05, 3.63) is 48.3 Å². The molecule has 0 spiro atoms. The second-order valence-electron chi connectivity index (χ2n) is 4.65. The van der Waals surface area contributed by atoms with Crippen molar-refractivity contribution in [1.29, 1.82) is 0 Å². The highest BCUT2D eigenvalue weighted by molar-refractivity contribution is 7.99. The minimum atomic E-state index is -0.499. The van der Waals surface area contributed by atoms with Crippen molar-refractivity contribution in [1.82, 2.24) is 4.98 Å². The Balaban J connectivity index is 2.02. The van der Waals surface area contributed by atoms with E-state index in [0.29, 0.717) is 12.1 Å². The SMILES string of the molecule is CC[C@H](O)c1ccc(Sc2ccc(NC(C)=O)cc2)cn1. The number of carbonyl (C=O) groups excluding carboxylic acids is 1. The zero-order chi connectivity index (χ0) is 15.2. The average Bonchev–Trinajstić information content (AvgIpc) is 2.49. The quantitative estimate of drug-likeness (QED) is 0.885. The highest BCUT2D eigenvalue weighted by Crippen LogP contribution is 2.28. The predicted octanol–water partition coefficient (Wildman–Crippen LogP) is 3.63. The van der Waals surface area contributed by atoms with Crippen LogP contribution >= 0.6 is 11.8 Å². The third-order valence-corrected chi connectivity index (χ3v) is 3.88. The molecule has 110 valence electrons. The molecule has 0 saturated carbocycles. The molecule has 2 N–H and O–H groups in total. The van der Waals surface area contributed by atoms with Crippen LogP contribution in [0, 0.1) is 0 Å². The van der Waals surface area contributed by atoms with Crippen LogP contribution in [-0.4, -0.2) is 16.0 Å². The number of hydrogen-bond acceptors (Lipinski definition) is 4. The van der Waals surface area contributed by atoms with E-state index >= 15 is 0 Å². The summed E-state index contributed by atoms with van der Waals surface area (Å²) >= 11 is 1.59. The van der Waals surface area contributed by atoms with Crippen molar-refractivity contribution in [2.45, 2.75) is 36.2 Å². The number of aliphatic hydroxyl groups is 1. The van der Waals surface area contributed by atoms with Crippen LogP contribution in [0.15, 0.2) is 52.4 Å². The molecule has 0 bridgehead atoms. The lowest BCUT2D eigenvalue weighted by Gasteiger charge is -2.08. The number of nitrogens with one attached hydrogen (secondary N) is 1. The van der Waals surface area contributed by atoms with Crippen LogP contribution in [0.5, 0.6) is 0 Å². The first-order valence-electron chi connectivity index (χ1n) is 6.78. The van der Waals surface area contributed by atoms with Crippen LogP contribution in [-0.2, 0) is 4.79 Å². The number of benzene rings is 1. The van der Waals surface area contributed by atoms with Gasteiger partial charge in [0.15, 0.2) is 0 Å². The highest BCUT2D eigenvalue weighted by Gasteiger charge is 2.06.